The van der Waals surface area contributed by atoms with Crippen molar-refractivity contribution in [2.75, 3.05) is 0 Å². The maximum absolute atomic E-state index is 5.67. The summed E-state index contributed by atoms with van der Waals surface area (Å²) in [5, 5.41) is 1.11. The molecule has 4 heteroatoms. The number of nitrogens with two attached hydrogens (primary N) is 1. The lowest BCUT2D eigenvalue weighted by atomic mass is 10.0. The van der Waals surface area contributed by atoms with Gasteiger partial charge in [-0.05, 0) is 29.8 Å². The van der Waals surface area contributed by atoms with Crippen LogP contribution < -0.4 is 5.73 Å². The van der Waals surface area contributed by atoms with Gasteiger partial charge in [-0.25, -0.2) is 4.98 Å². The van der Waals surface area contributed by atoms with Crippen LogP contribution >= 0.6 is 0 Å². The Kier molecular flexibility index (Phi) is 3.02. The minimum atomic E-state index is 0.417. The fourth-order valence-corrected chi connectivity index (χ4v) is 2.57. The predicted molar refractivity (Wildman–Crippen MR) is 87.1 cm³/mol. The van der Waals surface area contributed by atoms with Crippen molar-refractivity contribution in [1.82, 2.24) is 9.97 Å². The summed E-state index contributed by atoms with van der Waals surface area (Å²) in [5.41, 5.74) is 9.75. The number of aromatic amines is 1. The second-order valence-corrected chi connectivity index (χ2v) is 5.19. The van der Waals surface area contributed by atoms with Crippen LogP contribution in [0.3, 0.4) is 0 Å². The summed E-state index contributed by atoms with van der Waals surface area (Å²) in [6.07, 6.45) is 3.78. The number of H-pyrrole nitrogens is 1. The average Bonchev–Trinajstić information content (AvgIpc) is 3.23. The standard InChI is InChI=1S/C18H15N3O/c19-10-16-5-6-17(22-16)13-3-1-12(2-4-13)15-9-14-7-8-20-18(14)21-11-15/h1-9,11H,10,19H2,(H,20,21). The number of benzene rings is 1. The van der Waals surface area contributed by atoms with Crippen molar-refractivity contribution in [2.24, 2.45) is 5.73 Å². The molecule has 0 spiro atoms. The van der Waals surface area contributed by atoms with E-state index in [1.165, 1.54) is 0 Å². The zero-order valence-corrected chi connectivity index (χ0v) is 11.9. The predicted octanol–water partition coefficient (Wildman–Crippen LogP) is 3.95. The van der Waals surface area contributed by atoms with Crippen molar-refractivity contribution in [3.63, 3.8) is 0 Å². The largest absolute Gasteiger partial charge is 0.460 e. The number of rotatable bonds is 3. The van der Waals surface area contributed by atoms with Crippen LogP contribution in [0.15, 0.2) is 65.3 Å². The van der Waals surface area contributed by atoms with E-state index in [2.05, 4.69) is 40.3 Å². The Balaban J connectivity index is 1.68. The zero-order chi connectivity index (χ0) is 14.9. The summed E-state index contributed by atoms with van der Waals surface area (Å²) in [7, 11) is 0. The molecule has 0 atom stereocenters. The molecule has 3 aromatic heterocycles. The Bertz CT molecular complexity index is 919. The molecule has 0 saturated carbocycles. The fourth-order valence-electron chi connectivity index (χ4n) is 2.57. The Morgan fingerprint density at radius 3 is 2.55 bits per heavy atom. The quantitative estimate of drug-likeness (QED) is 0.600. The highest BCUT2D eigenvalue weighted by atomic mass is 16.3. The van der Waals surface area contributed by atoms with Crippen LogP contribution in [0.5, 0.6) is 0 Å². The fraction of sp³-hybridized carbons (Fsp3) is 0.0556. The lowest BCUT2D eigenvalue weighted by Crippen LogP contribution is -1.92. The van der Waals surface area contributed by atoms with Crippen molar-refractivity contribution in [3.05, 3.63) is 66.7 Å². The van der Waals surface area contributed by atoms with E-state index in [4.69, 9.17) is 10.2 Å². The number of pyridine rings is 1. The molecule has 0 aliphatic heterocycles. The summed E-state index contributed by atoms with van der Waals surface area (Å²) < 4.78 is 5.67. The minimum Gasteiger partial charge on any atom is -0.460 e. The van der Waals surface area contributed by atoms with E-state index in [-0.39, 0.29) is 0 Å². The maximum atomic E-state index is 5.67. The molecule has 0 bridgehead atoms. The van der Waals surface area contributed by atoms with Crippen LogP contribution in [0, 0.1) is 0 Å². The Labute approximate surface area is 127 Å². The Morgan fingerprint density at radius 1 is 0.955 bits per heavy atom. The summed E-state index contributed by atoms with van der Waals surface area (Å²) in [6.45, 7) is 0.417. The van der Waals surface area contributed by atoms with Gasteiger partial charge in [0.15, 0.2) is 0 Å². The van der Waals surface area contributed by atoms with Gasteiger partial charge < -0.3 is 15.1 Å². The molecule has 0 fully saturated rings. The highest BCUT2D eigenvalue weighted by Gasteiger charge is 2.05. The van der Waals surface area contributed by atoms with E-state index < -0.39 is 0 Å². The molecule has 0 aliphatic rings. The topological polar surface area (TPSA) is 67.8 Å². The Morgan fingerprint density at radius 2 is 1.77 bits per heavy atom. The SMILES string of the molecule is NCc1ccc(-c2ccc(-c3cnc4[nH]ccc4c3)cc2)o1. The molecule has 0 unspecified atom stereocenters. The lowest BCUT2D eigenvalue weighted by Gasteiger charge is -2.03. The molecule has 4 rings (SSSR count). The van der Waals surface area contributed by atoms with Gasteiger partial charge in [-0.3, -0.25) is 0 Å². The third kappa shape index (κ3) is 2.19. The monoisotopic (exact) mass is 289 g/mol. The van der Waals surface area contributed by atoms with Gasteiger partial charge >= 0.3 is 0 Å². The molecule has 3 heterocycles. The minimum absolute atomic E-state index is 0.417. The van der Waals surface area contributed by atoms with Gasteiger partial charge in [0.1, 0.15) is 17.2 Å². The number of fused-ring (bicyclic) bond motifs is 1. The van der Waals surface area contributed by atoms with Crippen molar-refractivity contribution < 1.29 is 4.42 Å². The van der Waals surface area contributed by atoms with Crippen LogP contribution in [0.2, 0.25) is 0 Å². The molecule has 0 radical (unpaired) electrons. The number of hydrogen-bond donors (Lipinski definition) is 2. The van der Waals surface area contributed by atoms with Crippen LogP contribution in [-0.4, -0.2) is 9.97 Å². The molecular formula is C18H15N3O. The van der Waals surface area contributed by atoms with Crippen LogP contribution in [-0.2, 0) is 6.54 Å². The van der Waals surface area contributed by atoms with E-state index in [0.29, 0.717) is 6.54 Å². The van der Waals surface area contributed by atoms with E-state index in [0.717, 1.165) is 39.2 Å². The van der Waals surface area contributed by atoms with Crippen molar-refractivity contribution in [1.29, 1.82) is 0 Å². The number of nitrogens with one attached hydrogen (secondary N) is 1. The van der Waals surface area contributed by atoms with Gasteiger partial charge in [-0.2, -0.15) is 0 Å². The molecule has 0 aliphatic carbocycles. The Hall–Kier alpha value is -2.85. The first-order valence-corrected chi connectivity index (χ1v) is 7.16. The van der Waals surface area contributed by atoms with Gasteiger partial charge in [0, 0.05) is 28.9 Å². The van der Waals surface area contributed by atoms with Crippen molar-refractivity contribution >= 4 is 11.0 Å². The highest BCUT2D eigenvalue weighted by Crippen LogP contribution is 2.27. The van der Waals surface area contributed by atoms with Crippen LogP contribution in [0.4, 0.5) is 0 Å². The second-order valence-electron chi connectivity index (χ2n) is 5.19. The lowest BCUT2D eigenvalue weighted by molar-refractivity contribution is 0.525. The third-order valence-electron chi connectivity index (χ3n) is 3.77. The summed E-state index contributed by atoms with van der Waals surface area (Å²) in [5.74, 6) is 1.63. The molecule has 4 aromatic rings. The van der Waals surface area contributed by atoms with Gasteiger partial charge in [-0.15, -0.1) is 0 Å². The first-order chi connectivity index (χ1) is 10.8. The number of aromatic nitrogens is 2. The summed E-state index contributed by atoms with van der Waals surface area (Å²) >= 11 is 0. The first kappa shape index (κ1) is 12.9. The van der Waals surface area contributed by atoms with Gasteiger partial charge in [0.25, 0.3) is 0 Å². The first-order valence-electron chi connectivity index (χ1n) is 7.16. The number of hydrogen-bond acceptors (Lipinski definition) is 3. The molecule has 0 amide bonds. The molecule has 108 valence electrons. The van der Waals surface area contributed by atoms with Crippen LogP contribution in [0.1, 0.15) is 5.76 Å². The van der Waals surface area contributed by atoms with Crippen molar-refractivity contribution in [3.8, 4) is 22.5 Å². The summed E-state index contributed by atoms with van der Waals surface area (Å²) in [4.78, 5) is 7.53. The molecule has 3 N–H and O–H groups in total. The van der Waals surface area contributed by atoms with Crippen LogP contribution in [0.25, 0.3) is 33.5 Å². The van der Waals surface area contributed by atoms with Crippen molar-refractivity contribution in [2.45, 2.75) is 6.54 Å². The van der Waals surface area contributed by atoms with E-state index in [9.17, 15) is 0 Å². The van der Waals surface area contributed by atoms with Gasteiger partial charge in [-0.1, -0.05) is 24.3 Å². The normalized spacial score (nSPS) is 11.1. The number of furan rings is 1. The van der Waals surface area contributed by atoms with E-state index >= 15 is 0 Å². The maximum Gasteiger partial charge on any atom is 0.137 e. The molecule has 1 aromatic carbocycles. The van der Waals surface area contributed by atoms with E-state index in [1.807, 2.05) is 30.6 Å². The van der Waals surface area contributed by atoms with Gasteiger partial charge in [0.05, 0.1) is 6.54 Å². The third-order valence-corrected chi connectivity index (χ3v) is 3.77. The molecule has 22 heavy (non-hydrogen) atoms. The average molecular weight is 289 g/mol. The number of nitrogens with zero attached hydrogens (tertiary/aromatic N) is 1. The summed E-state index contributed by atoms with van der Waals surface area (Å²) in [6, 6.07) is 16.3. The zero-order valence-electron chi connectivity index (χ0n) is 11.9. The second kappa shape index (κ2) is 5.16. The smallest absolute Gasteiger partial charge is 0.137 e. The van der Waals surface area contributed by atoms with Gasteiger partial charge in [0.2, 0.25) is 0 Å². The molecule has 0 saturated heterocycles. The molecular weight excluding hydrogens is 274 g/mol. The molecule has 4 nitrogen and oxygen atoms in total. The highest BCUT2D eigenvalue weighted by molar-refractivity contribution is 5.81. The van der Waals surface area contributed by atoms with E-state index in [1.54, 1.807) is 0 Å².